The van der Waals surface area contributed by atoms with E-state index in [2.05, 4.69) is 20.5 Å². The van der Waals surface area contributed by atoms with E-state index < -0.39 is 12.1 Å². The number of benzene rings is 2. The molecule has 0 aromatic heterocycles. The average Bonchev–Trinajstić information content (AvgIpc) is 3.24. The SMILES string of the molecule is COc1cccc([C@@H](C)NC(=O)CN2CCC3(CC2)N=C(c2ccc(OC(F)(F)F)cc2)NO3)c1. The lowest BCUT2D eigenvalue weighted by Crippen LogP contribution is -2.47. The fourth-order valence-electron chi connectivity index (χ4n) is 4.09. The number of amides is 1. The Kier molecular flexibility index (Phi) is 7.18. The van der Waals surface area contributed by atoms with Crippen molar-refractivity contribution in [2.45, 2.75) is 37.9 Å². The molecule has 1 fully saturated rings. The van der Waals surface area contributed by atoms with Crippen LogP contribution in [0.15, 0.2) is 53.5 Å². The topological polar surface area (TPSA) is 84.4 Å². The molecule has 2 heterocycles. The van der Waals surface area contributed by atoms with Gasteiger partial charge in [-0.25, -0.2) is 15.3 Å². The average molecular weight is 492 g/mol. The molecule has 2 aromatic rings. The first-order valence-electron chi connectivity index (χ1n) is 11.2. The number of hydrogen-bond donors (Lipinski definition) is 2. The van der Waals surface area contributed by atoms with Crippen LogP contribution in [0.2, 0.25) is 0 Å². The van der Waals surface area contributed by atoms with Gasteiger partial charge in [-0.1, -0.05) is 12.1 Å². The van der Waals surface area contributed by atoms with Crippen LogP contribution in [0.4, 0.5) is 13.2 Å². The van der Waals surface area contributed by atoms with Crippen LogP contribution in [0.1, 0.15) is 36.9 Å². The van der Waals surface area contributed by atoms with Crippen LogP contribution in [-0.4, -0.2) is 55.5 Å². The summed E-state index contributed by atoms with van der Waals surface area (Å²) in [4.78, 5) is 25.0. The second kappa shape index (κ2) is 10.1. The quantitative estimate of drug-likeness (QED) is 0.615. The van der Waals surface area contributed by atoms with E-state index in [-0.39, 0.29) is 24.2 Å². The molecule has 1 atom stereocenters. The summed E-state index contributed by atoms with van der Waals surface area (Å²) < 4.78 is 46.2. The van der Waals surface area contributed by atoms with Crippen LogP contribution in [0, 0.1) is 0 Å². The summed E-state index contributed by atoms with van der Waals surface area (Å²) in [6, 6.07) is 12.8. The predicted molar refractivity (Wildman–Crippen MR) is 122 cm³/mol. The molecule has 0 unspecified atom stereocenters. The van der Waals surface area contributed by atoms with Gasteiger partial charge in [0.15, 0.2) is 11.6 Å². The van der Waals surface area contributed by atoms with Crippen molar-refractivity contribution < 1.29 is 32.3 Å². The molecular weight excluding hydrogens is 465 g/mol. The van der Waals surface area contributed by atoms with Gasteiger partial charge in [0.25, 0.3) is 0 Å². The van der Waals surface area contributed by atoms with Gasteiger partial charge < -0.3 is 14.8 Å². The zero-order valence-corrected chi connectivity index (χ0v) is 19.4. The Balaban J connectivity index is 1.28. The highest BCUT2D eigenvalue weighted by Crippen LogP contribution is 2.31. The van der Waals surface area contributed by atoms with Gasteiger partial charge in [-0.3, -0.25) is 9.69 Å². The molecule has 188 valence electrons. The first-order chi connectivity index (χ1) is 16.6. The summed E-state index contributed by atoms with van der Waals surface area (Å²) in [6.07, 6.45) is -3.61. The monoisotopic (exact) mass is 492 g/mol. The molecule has 11 heteroatoms. The maximum Gasteiger partial charge on any atom is 0.573 e. The van der Waals surface area contributed by atoms with Gasteiger partial charge in [0.1, 0.15) is 11.5 Å². The molecule has 0 saturated carbocycles. The van der Waals surface area contributed by atoms with Gasteiger partial charge in [0.05, 0.1) is 19.7 Å². The van der Waals surface area contributed by atoms with Gasteiger partial charge in [0.2, 0.25) is 5.91 Å². The number of likely N-dealkylation sites (tertiary alicyclic amines) is 1. The third-order valence-corrected chi connectivity index (χ3v) is 5.99. The molecule has 0 aliphatic carbocycles. The largest absolute Gasteiger partial charge is 0.573 e. The van der Waals surface area contributed by atoms with Crippen LogP contribution in [0.3, 0.4) is 0 Å². The lowest BCUT2D eigenvalue weighted by Gasteiger charge is -2.35. The predicted octanol–water partition coefficient (Wildman–Crippen LogP) is 3.54. The molecule has 2 aliphatic heterocycles. The molecule has 8 nitrogen and oxygen atoms in total. The molecule has 2 aromatic carbocycles. The number of ether oxygens (including phenoxy) is 2. The summed E-state index contributed by atoms with van der Waals surface area (Å²) in [5.41, 5.74) is 3.57. The second-order valence-electron chi connectivity index (χ2n) is 8.52. The van der Waals surface area contributed by atoms with Crippen LogP contribution in [0.5, 0.6) is 11.5 Å². The van der Waals surface area contributed by atoms with Crippen molar-refractivity contribution in [2.75, 3.05) is 26.7 Å². The number of hydroxylamine groups is 1. The highest BCUT2D eigenvalue weighted by Gasteiger charge is 2.40. The molecule has 35 heavy (non-hydrogen) atoms. The molecule has 2 N–H and O–H groups in total. The molecule has 1 spiro atoms. The zero-order chi connectivity index (χ0) is 25.1. The molecule has 4 rings (SSSR count). The third kappa shape index (κ3) is 6.43. The van der Waals surface area contributed by atoms with Crippen molar-refractivity contribution in [2.24, 2.45) is 4.99 Å². The summed E-state index contributed by atoms with van der Waals surface area (Å²) in [7, 11) is 1.60. The first-order valence-corrected chi connectivity index (χ1v) is 11.2. The van der Waals surface area contributed by atoms with Crippen molar-refractivity contribution in [1.82, 2.24) is 15.7 Å². The van der Waals surface area contributed by atoms with Gasteiger partial charge in [-0.05, 0) is 48.9 Å². The molecule has 0 bridgehead atoms. The molecule has 1 amide bonds. The number of amidine groups is 1. The number of carbonyl (C=O) groups excluding carboxylic acids is 1. The Bertz CT molecular complexity index is 1070. The number of nitrogens with zero attached hydrogens (tertiary/aromatic N) is 2. The van der Waals surface area contributed by atoms with E-state index in [0.717, 1.165) is 11.3 Å². The van der Waals surface area contributed by atoms with Crippen LogP contribution in [0.25, 0.3) is 0 Å². The minimum atomic E-state index is -4.74. The Labute approximate surface area is 201 Å². The zero-order valence-electron chi connectivity index (χ0n) is 19.4. The van der Waals surface area contributed by atoms with Gasteiger partial charge >= 0.3 is 6.36 Å². The molecule has 2 aliphatic rings. The van der Waals surface area contributed by atoms with E-state index in [1.807, 2.05) is 36.1 Å². The van der Waals surface area contributed by atoms with Crippen LogP contribution < -0.4 is 20.3 Å². The number of alkyl halides is 3. The van der Waals surface area contributed by atoms with Crippen LogP contribution in [-0.2, 0) is 9.63 Å². The Morgan fingerprint density at radius 1 is 1.20 bits per heavy atom. The summed E-state index contributed by atoms with van der Waals surface area (Å²) >= 11 is 0. The van der Waals surface area contributed by atoms with Crippen LogP contribution >= 0.6 is 0 Å². The van der Waals surface area contributed by atoms with E-state index in [1.165, 1.54) is 24.3 Å². The summed E-state index contributed by atoms with van der Waals surface area (Å²) in [5, 5.41) is 3.02. The van der Waals surface area contributed by atoms with Crippen molar-refractivity contribution >= 4 is 11.7 Å². The van der Waals surface area contributed by atoms with E-state index in [0.29, 0.717) is 37.3 Å². The number of piperidine rings is 1. The fraction of sp³-hybridized carbons (Fsp3) is 0.417. The number of carbonyl (C=O) groups is 1. The maximum absolute atomic E-state index is 12.6. The normalized spacial score (nSPS) is 18.5. The highest BCUT2D eigenvalue weighted by atomic mass is 19.4. The Morgan fingerprint density at radius 2 is 1.91 bits per heavy atom. The van der Waals surface area contributed by atoms with Crippen molar-refractivity contribution in [1.29, 1.82) is 0 Å². The Hall–Kier alpha value is -3.31. The third-order valence-electron chi connectivity index (χ3n) is 5.99. The highest BCUT2D eigenvalue weighted by molar-refractivity contribution is 5.99. The molecule has 0 radical (unpaired) electrons. The number of halogens is 3. The minimum absolute atomic E-state index is 0.0768. The standard InChI is InChI=1S/C24H27F3N4O4/c1-16(18-4-3-5-20(14-18)33-2)28-21(32)15-31-12-10-23(11-13-31)29-22(30-35-23)17-6-8-19(9-7-17)34-24(25,26)27/h3-9,14,16H,10-13,15H2,1-2H3,(H,28,32)(H,29,30)/t16-/m1/s1. The number of hydrogen-bond acceptors (Lipinski definition) is 7. The van der Waals surface area contributed by atoms with Gasteiger partial charge in [0, 0.05) is 31.5 Å². The lowest BCUT2D eigenvalue weighted by molar-refractivity contribution is -0.274. The lowest BCUT2D eigenvalue weighted by atomic mass is 10.0. The van der Waals surface area contributed by atoms with E-state index in [4.69, 9.17) is 9.57 Å². The number of rotatable bonds is 7. The number of aliphatic imine (C=N–C) groups is 1. The molecule has 1 saturated heterocycles. The number of nitrogens with one attached hydrogen (secondary N) is 2. The van der Waals surface area contributed by atoms with Crippen molar-refractivity contribution in [3.05, 3.63) is 59.7 Å². The first kappa shape index (κ1) is 24.8. The van der Waals surface area contributed by atoms with Gasteiger partial charge in [-0.15, -0.1) is 13.2 Å². The number of methoxy groups -OCH3 is 1. The summed E-state index contributed by atoms with van der Waals surface area (Å²) in [6.45, 7) is 3.40. The van der Waals surface area contributed by atoms with Crippen molar-refractivity contribution in [3.8, 4) is 11.5 Å². The fourth-order valence-corrected chi connectivity index (χ4v) is 4.09. The van der Waals surface area contributed by atoms with E-state index in [1.54, 1.807) is 7.11 Å². The smallest absolute Gasteiger partial charge is 0.497 e. The minimum Gasteiger partial charge on any atom is -0.497 e. The van der Waals surface area contributed by atoms with E-state index in [9.17, 15) is 18.0 Å². The van der Waals surface area contributed by atoms with Gasteiger partial charge in [-0.2, -0.15) is 0 Å². The second-order valence-corrected chi connectivity index (χ2v) is 8.52. The summed E-state index contributed by atoms with van der Waals surface area (Å²) in [5.74, 6) is 0.803. The Morgan fingerprint density at radius 3 is 2.57 bits per heavy atom. The maximum atomic E-state index is 12.6. The van der Waals surface area contributed by atoms with Crippen molar-refractivity contribution in [3.63, 3.8) is 0 Å². The molecular formula is C24H27F3N4O4. The van der Waals surface area contributed by atoms with E-state index >= 15 is 0 Å².